The van der Waals surface area contributed by atoms with Gasteiger partial charge < -0.3 is 25.0 Å². The van der Waals surface area contributed by atoms with Crippen LogP contribution in [-0.2, 0) is 4.74 Å². The fourth-order valence-electron chi connectivity index (χ4n) is 3.14. The molecule has 0 radical (unpaired) electrons. The Kier molecular flexibility index (Phi) is 3.67. The number of aliphatic hydroxyl groups is 1. The predicted molar refractivity (Wildman–Crippen MR) is 85.3 cm³/mol. The smallest absolute Gasteiger partial charge is 0.165 e. The van der Waals surface area contributed by atoms with Gasteiger partial charge in [-0.15, -0.1) is 0 Å². The Morgan fingerprint density at radius 2 is 2.30 bits per heavy atom. The number of aliphatic hydroxyl groups excluding tert-OH is 1. The maximum Gasteiger partial charge on any atom is 0.165 e. The molecule has 2 aromatic rings. The van der Waals surface area contributed by atoms with Gasteiger partial charge in [0.15, 0.2) is 11.5 Å². The summed E-state index contributed by atoms with van der Waals surface area (Å²) in [5, 5.41) is 16.5. The summed E-state index contributed by atoms with van der Waals surface area (Å²) in [6, 6.07) is 0.734. The van der Waals surface area contributed by atoms with Crippen LogP contribution >= 0.6 is 0 Å². The molecule has 1 aliphatic carbocycles. The molecule has 1 aliphatic heterocycles. The molecule has 3 N–H and O–H groups in total. The molecular formula is C15H22N6O2. The van der Waals surface area contributed by atoms with Gasteiger partial charge in [-0.1, -0.05) is 0 Å². The summed E-state index contributed by atoms with van der Waals surface area (Å²) in [4.78, 5) is 13.2. The van der Waals surface area contributed by atoms with Gasteiger partial charge in [-0.05, 0) is 19.8 Å². The van der Waals surface area contributed by atoms with Gasteiger partial charge in [-0.3, -0.25) is 0 Å². The number of rotatable bonds is 5. The minimum atomic E-state index is -0.506. The van der Waals surface area contributed by atoms with Crippen LogP contribution < -0.4 is 10.6 Å². The van der Waals surface area contributed by atoms with Crippen LogP contribution in [0, 0.1) is 0 Å². The van der Waals surface area contributed by atoms with E-state index in [-0.39, 0.29) is 12.6 Å². The Hall–Kier alpha value is -1.77. The number of ether oxygens (including phenoxy) is 1. The van der Waals surface area contributed by atoms with Crippen molar-refractivity contribution in [3.63, 3.8) is 0 Å². The highest BCUT2D eigenvalue weighted by Gasteiger charge is 2.35. The lowest BCUT2D eigenvalue weighted by molar-refractivity contribution is -0.0157. The Bertz CT molecular complexity index is 700. The van der Waals surface area contributed by atoms with Crippen LogP contribution in [0.3, 0.4) is 0 Å². The Morgan fingerprint density at radius 3 is 3.04 bits per heavy atom. The molecule has 2 fully saturated rings. The van der Waals surface area contributed by atoms with E-state index >= 15 is 0 Å². The van der Waals surface area contributed by atoms with Crippen molar-refractivity contribution < 1.29 is 9.84 Å². The number of fused-ring (bicyclic) bond motifs is 1. The quantitative estimate of drug-likeness (QED) is 0.730. The van der Waals surface area contributed by atoms with Crippen molar-refractivity contribution >= 4 is 17.0 Å². The van der Waals surface area contributed by atoms with Crippen molar-refractivity contribution in [2.24, 2.45) is 0 Å². The highest BCUT2D eigenvalue weighted by atomic mass is 16.5. The number of hydrogen-bond acceptors (Lipinski definition) is 7. The summed E-state index contributed by atoms with van der Waals surface area (Å²) in [5.41, 5.74) is 1.13. The summed E-state index contributed by atoms with van der Waals surface area (Å²) in [6.45, 7) is 3.67. The lowest BCUT2D eigenvalue weighted by Crippen LogP contribution is -2.63. The van der Waals surface area contributed by atoms with Crippen LogP contribution in [0.4, 0.5) is 5.82 Å². The molecule has 124 valence electrons. The molecule has 2 atom stereocenters. The third kappa shape index (κ3) is 2.77. The molecule has 1 saturated carbocycles. The summed E-state index contributed by atoms with van der Waals surface area (Å²) in [7, 11) is 0. The number of nitrogens with one attached hydrogen (secondary N) is 2. The molecule has 23 heavy (non-hydrogen) atoms. The second kappa shape index (κ2) is 5.70. The fraction of sp³-hybridized carbons (Fsp3) is 0.667. The van der Waals surface area contributed by atoms with Crippen LogP contribution in [-0.4, -0.2) is 62.6 Å². The molecule has 1 saturated heterocycles. The zero-order chi connectivity index (χ0) is 15.9. The molecule has 0 unspecified atom stereocenters. The molecule has 0 bridgehead atoms. The van der Waals surface area contributed by atoms with Crippen LogP contribution in [0.5, 0.6) is 0 Å². The lowest BCUT2D eigenvalue weighted by atomic mass is 9.99. The number of imidazole rings is 1. The van der Waals surface area contributed by atoms with E-state index in [1.807, 2.05) is 13.3 Å². The largest absolute Gasteiger partial charge is 0.394 e. The molecule has 0 spiro atoms. The van der Waals surface area contributed by atoms with E-state index in [4.69, 9.17) is 4.74 Å². The maximum atomic E-state index is 9.80. The minimum Gasteiger partial charge on any atom is -0.394 e. The first-order valence-corrected chi connectivity index (χ1v) is 8.08. The van der Waals surface area contributed by atoms with E-state index in [0.29, 0.717) is 31.6 Å². The van der Waals surface area contributed by atoms with E-state index in [2.05, 4.69) is 30.2 Å². The number of nitrogens with zero attached hydrogens (tertiary/aromatic N) is 4. The Labute approximate surface area is 134 Å². The second-order valence-corrected chi connectivity index (χ2v) is 6.63. The van der Waals surface area contributed by atoms with Crippen molar-refractivity contribution in [2.45, 2.75) is 37.4 Å². The van der Waals surface area contributed by atoms with E-state index in [1.54, 1.807) is 6.33 Å². The zero-order valence-corrected chi connectivity index (χ0v) is 13.2. The van der Waals surface area contributed by atoms with Gasteiger partial charge in [0.1, 0.15) is 11.8 Å². The van der Waals surface area contributed by atoms with Gasteiger partial charge in [0.05, 0.1) is 31.7 Å². The maximum absolute atomic E-state index is 9.80. The SMILES string of the molecule is C[C@@H]1COC[C@@](CO)(CNc2ncnc3c2ncn3C2CC2)N1. The standard InChI is InChI=1S/C15H22N6O2/c1-10-4-23-7-15(6-22,20-10)5-16-13-12-14(18-8-17-13)21(9-19-12)11-2-3-11/h8-11,20,22H,2-7H2,1H3,(H,16,17,18)/t10-,15+/m1/s1. The Balaban J connectivity index is 1.55. The number of morpholine rings is 1. The van der Waals surface area contributed by atoms with Gasteiger partial charge in [-0.25, -0.2) is 15.0 Å². The number of aromatic nitrogens is 4. The van der Waals surface area contributed by atoms with Gasteiger partial charge in [0.25, 0.3) is 0 Å². The molecule has 4 rings (SSSR count). The van der Waals surface area contributed by atoms with Crippen LogP contribution in [0.2, 0.25) is 0 Å². The summed E-state index contributed by atoms with van der Waals surface area (Å²) >= 11 is 0. The van der Waals surface area contributed by atoms with Gasteiger partial charge in [0.2, 0.25) is 0 Å². The highest BCUT2D eigenvalue weighted by molar-refractivity contribution is 5.82. The zero-order valence-electron chi connectivity index (χ0n) is 13.2. The van der Waals surface area contributed by atoms with Crippen molar-refractivity contribution in [1.29, 1.82) is 0 Å². The van der Waals surface area contributed by atoms with Gasteiger partial charge in [-0.2, -0.15) is 0 Å². The monoisotopic (exact) mass is 318 g/mol. The predicted octanol–water partition coefficient (Wildman–Crippen LogP) is 0.312. The minimum absolute atomic E-state index is 0.00488. The summed E-state index contributed by atoms with van der Waals surface area (Å²) in [6.07, 6.45) is 5.77. The van der Waals surface area contributed by atoms with Gasteiger partial charge >= 0.3 is 0 Å². The van der Waals surface area contributed by atoms with Crippen molar-refractivity contribution in [3.8, 4) is 0 Å². The van der Waals surface area contributed by atoms with Crippen LogP contribution in [0.1, 0.15) is 25.8 Å². The first-order valence-electron chi connectivity index (χ1n) is 8.08. The fourth-order valence-corrected chi connectivity index (χ4v) is 3.14. The van der Waals surface area contributed by atoms with Crippen LogP contribution in [0.25, 0.3) is 11.2 Å². The third-order valence-electron chi connectivity index (χ3n) is 4.49. The lowest BCUT2D eigenvalue weighted by Gasteiger charge is -2.40. The topological polar surface area (TPSA) is 97.1 Å². The summed E-state index contributed by atoms with van der Waals surface area (Å²) in [5.74, 6) is 0.697. The molecule has 8 nitrogen and oxygen atoms in total. The normalized spacial score (nSPS) is 28.2. The van der Waals surface area contributed by atoms with Crippen molar-refractivity contribution in [3.05, 3.63) is 12.7 Å². The molecule has 0 amide bonds. The van der Waals surface area contributed by atoms with Gasteiger partial charge in [0, 0.05) is 18.6 Å². The van der Waals surface area contributed by atoms with Crippen molar-refractivity contribution in [2.75, 3.05) is 31.7 Å². The third-order valence-corrected chi connectivity index (χ3v) is 4.49. The average Bonchev–Trinajstić information content (AvgIpc) is 3.32. The second-order valence-electron chi connectivity index (χ2n) is 6.63. The number of hydrogen-bond donors (Lipinski definition) is 3. The summed E-state index contributed by atoms with van der Waals surface area (Å²) < 4.78 is 7.71. The molecule has 2 aromatic heterocycles. The molecule has 3 heterocycles. The van der Waals surface area contributed by atoms with E-state index in [9.17, 15) is 5.11 Å². The number of anilines is 1. The van der Waals surface area contributed by atoms with E-state index in [0.717, 1.165) is 11.2 Å². The van der Waals surface area contributed by atoms with E-state index < -0.39 is 5.54 Å². The first kappa shape index (κ1) is 14.8. The molecular weight excluding hydrogens is 296 g/mol. The molecule has 8 heteroatoms. The molecule has 2 aliphatic rings. The first-order chi connectivity index (χ1) is 11.2. The highest BCUT2D eigenvalue weighted by Crippen LogP contribution is 2.37. The Morgan fingerprint density at radius 1 is 1.43 bits per heavy atom. The van der Waals surface area contributed by atoms with E-state index in [1.165, 1.54) is 12.8 Å². The molecule has 0 aromatic carbocycles. The average molecular weight is 318 g/mol. The van der Waals surface area contributed by atoms with Crippen LogP contribution in [0.15, 0.2) is 12.7 Å². The van der Waals surface area contributed by atoms with Crippen molar-refractivity contribution in [1.82, 2.24) is 24.8 Å².